The Hall–Kier alpha value is -3.89. The summed E-state index contributed by atoms with van der Waals surface area (Å²) < 4.78 is 5.58. The molecule has 1 amide bonds. The van der Waals surface area contributed by atoms with Crippen molar-refractivity contribution in [3.05, 3.63) is 66.4 Å². The third-order valence-electron chi connectivity index (χ3n) is 7.66. The van der Waals surface area contributed by atoms with Gasteiger partial charge in [0.15, 0.2) is 0 Å². The molecular formula is C31H37N5O2. The first-order chi connectivity index (χ1) is 18.4. The van der Waals surface area contributed by atoms with E-state index in [1.54, 1.807) is 13.2 Å². The molecule has 0 saturated carbocycles. The number of piperidine rings is 1. The number of likely N-dealkylation sites (tertiary alicyclic amines) is 1. The number of hydrogen-bond donors (Lipinski definition) is 2. The molecule has 4 rings (SSSR count). The van der Waals surface area contributed by atoms with E-state index in [2.05, 4.69) is 49.1 Å². The number of hydrogen-bond acceptors (Lipinski definition) is 6. The fourth-order valence-corrected chi connectivity index (χ4v) is 5.44. The number of rotatable bonds is 9. The molecule has 2 atom stereocenters. The Labute approximate surface area is 225 Å². The van der Waals surface area contributed by atoms with Crippen molar-refractivity contribution in [3.8, 4) is 23.1 Å². The molecule has 0 bridgehead atoms. The zero-order chi connectivity index (χ0) is 27.2. The van der Waals surface area contributed by atoms with Gasteiger partial charge in [-0.15, -0.1) is 0 Å². The lowest BCUT2D eigenvalue weighted by Gasteiger charge is -2.43. The number of anilines is 1. The second kappa shape index (κ2) is 12.1. The van der Waals surface area contributed by atoms with Gasteiger partial charge in [-0.2, -0.15) is 5.26 Å². The normalized spacial score (nSPS) is 19.5. The number of nitrogens with one attached hydrogen (secondary N) is 2. The minimum atomic E-state index is -0.133. The molecular weight excluding hydrogens is 474 g/mol. The van der Waals surface area contributed by atoms with Gasteiger partial charge in [-0.3, -0.25) is 4.79 Å². The molecule has 2 N–H and O–H groups in total. The molecule has 1 aromatic heterocycles. The molecule has 3 aromatic rings. The van der Waals surface area contributed by atoms with Gasteiger partial charge in [0, 0.05) is 41.2 Å². The number of amides is 1. The van der Waals surface area contributed by atoms with E-state index in [1.807, 2.05) is 42.5 Å². The van der Waals surface area contributed by atoms with Crippen LogP contribution in [0.4, 0.5) is 5.69 Å². The van der Waals surface area contributed by atoms with Crippen LogP contribution in [0.15, 0.2) is 60.7 Å². The van der Waals surface area contributed by atoms with Crippen LogP contribution >= 0.6 is 0 Å². The lowest BCUT2D eigenvalue weighted by atomic mass is 9.89. The van der Waals surface area contributed by atoms with Gasteiger partial charge in [0.2, 0.25) is 0 Å². The van der Waals surface area contributed by atoms with Crippen LogP contribution in [-0.4, -0.2) is 54.6 Å². The highest BCUT2D eigenvalue weighted by Gasteiger charge is 2.32. The topological polar surface area (TPSA) is 90.3 Å². The maximum Gasteiger partial charge on any atom is 0.270 e. The van der Waals surface area contributed by atoms with E-state index in [9.17, 15) is 4.79 Å². The van der Waals surface area contributed by atoms with E-state index in [1.165, 1.54) is 0 Å². The Morgan fingerprint density at radius 3 is 2.53 bits per heavy atom. The summed E-state index contributed by atoms with van der Waals surface area (Å²) in [6.45, 7) is 8.50. The predicted octanol–water partition coefficient (Wildman–Crippen LogP) is 5.78. The Kier molecular flexibility index (Phi) is 8.65. The summed E-state index contributed by atoms with van der Waals surface area (Å²) in [5.74, 6) is 0.543. The van der Waals surface area contributed by atoms with Gasteiger partial charge < -0.3 is 20.3 Å². The second-order valence-electron chi connectivity index (χ2n) is 9.99. The predicted molar refractivity (Wildman–Crippen MR) is 153 cm³/mol. The Bertz CT molecular complexity index is 1350. The highest BCUT2D eigenvalue weighted by molar-refractivity contribution is 5.99. The lowest BCUT2D eigenvalue weighted by molar-refractivity contribution is 0.0730. The maximum atomic E-state index is 13.2. The summed E-state index contributed by atoms with van der Waals surface area (Å²) in [7, 11) is 3.82. The molecule has 1 aliphatic rings. The first kappa shape index (κ1) is 27.2. The molecule has 2 heterocycles. The molecule has 38 heavy (non-hydrogen) atoms. The smallest absolute Gasteiger partial charge is 0.270 e. The minimum Gasteiger partial charge on any atom is -0.495 e. The number of nitriles is 1. The van der Waals surface area contributed by atoms with Crippen molar-refractivity contribution in [2.45, 2.75) is 57.7 Å². The zero-order valence-electron chi connectivity index (χ0n) is 22.8. The molecule has 0 aliphatic carbocycles. The standard InChI is InChI=1S/C31H37N5O2/c1-6-24-16-23(17-25(7-2)36(24)4)34-31(37)28-10-8-9-27(35-28)22-12-11-21-13-14-29(38-5)30(26(21)15-22)33-19-20(3)18-32/h8-15,23-25,33H,3,6-7,16-17,19H2,1-2,4-5H3,(H,34,37). The van der Waals surface area contributed by atoms with Crippen molar-refractivity contribution in [2.24, 2.45) is 0 Å². The number of carbonyl (C=O) groups excluding carboxylic acids is 1. The van der Waals surface area contributed by atoms with Crippen LogP contribution in [0.25, 0.3) is 22.0 Å². The molecule has 198 valence electrons. The molecule has 1 fully saturated rings. The molecule has 7 nitrogen and oxygen atoms in total. The van der Waals surface area contributed by atoms with Gasteiger partial charge >= 0.3 is 0 Å². The number of methoxy groups -OCH3 is 1. The molecule has 2 unspecified atom stereocenters. The van der Waals surface area contributed by atoms with Crippen LogP contribution in [0.1, 0.15) is 50.0 Å². The van der Waals surface area contributed by atoms with Gasteiger partial charge in [0.1, 0.15) is 11.4 Å². The van der Waals surface area contributed by atoms with Crippen LogP contribution in [0.2, 0.25) is 0 Å². The highest BCUT2D eigenvalue weighted by atomic mass is 16.5. The summed E-state index contributed by atoms with van der Waals surface area (Å²) in [4.78, 5) is 20.5. The molecule has 1 aliphatic heterocycles. The number of benzene rings is 2. The van der Waals surface area contributed by atoms with Crippen LogP contribution in [-0.2, 0) is 0 Å². The summed E-state index contributed by atoms with van der Waals surface area (Å²) in [6, 6.07) is 18.7. The number of ether oxygens (including phenoxy) is 1. The fraction of sp³-hybridized carbons (Fsp3) is 0.387. The van der Waals surface area contributed by atoms with Gasteiger partial charge in [0.25, 0.3) is 5.91 Å². The van der Waals surface area contributed by atoms with Crippen LogP contribution in [0.5, 0.6) is 5.75 Å². The van der Waals surface area contributed by atoms with Crippen LogP contribution < -0.4 is 15.4 Å². The van der Waals surface area contributed by atoms with E-state index in [-0.39, 0.29) is 11.9 Å². The Morgan fingerprint density at radius 2 is 1.87 bits per heavy atom. The third-order valence-corrected chi connectivity index (χ3v) is 7.66. The van der Waals surface area contributed by atoms with Crippen molar-refractivity contribution in [1.82, 2.24) is 15.2 Å². The van der Waals surface area contributed by atoms with Crippen molar-refractivity contribution >= 4 is 22.4 Å². The Balaban J connectivity index is 1.60. The third kappa shape index (κ3) is 5.81. The largest absolute Gasteiger partial charge is 0.495 e. The molecule has 2 aromatic carbocycles. The van der Waals surface area contributed by atoms with Crippen LogP contribution in [0, 0.1) is 11.3 Å². The van der Waals surface area contributed by atoms with E-state index >= 15 is 0 Å². The van der Waals surface area contributed by atoms with E-state index < -0.39 is 0 Å². The number of nitrogens with zero attached hydrogens (tertiary/aromatic N) is 3. The molecule has 0 spiro atoms. The van der Waals surface area contributed by atoms with E-state index in [0.29, 0.717) is 35.6 Å². The number of aromatic nitrogens is 1. The lowest BCUT2D eigenvalue weighted by Crippen LogP contribution is -2.53. The van der Waals surface area contributed by atoms with Crippen LogP contribution in [0.3, 0.4) is 0 Å². The SMILES string of the molecule is C=C(C#N)CNc1c(OC)ccc2ccc(-c3cccc(C(=O)NC4CC(CC)N(C)C(CC)C4)n3)cc12. The molecule has 7 heteroatoms. The molecule has 1 saturated heterocycles. The maximum absolute atomic E-state index is 13.2. The van der Waals surface area contributed by atoms with E-state index in [0.717, 1.165) is 53.4 Å². The first-order valence-electron chi connectivity index (χ1n) is 13.3. The van der Waals surface area contributed by atoms with Gasteiger partial charge in [-0.1, -0.05) is 44.7 Å². The van der Waals surface area contributed by atoms with Crippen molar-refractivity contribution in [2.75, 3.05) is 26.0 Å². The number of fused-ring (bicyclic) bond motifs is 1. The fourth-order valence-electron chi connectivity index (χ4n) is 5.44. The quantitative estimate of drug-likeness (QED) is 0.354. The van der Waals surface area contributed by atoms with Crippen molar-refractivity contribution < 1.29 is 9.53 Å². The highest BCUT2D eigenvalue weighted by Crippen LogP contribution is 2.36. The first-order valence-corrected chi connectivity index (χ1v) is 13.3. The van der Waals surface area contributed by atoms with Crippen molar-refractivity contribution in [3.63, 3.8) is 0 Å². The van der Waals surface area contributed by atoms with Crippen molar-refractivity contribution in [1.29, 1.82) is 5.26 Å². The summed E-state index contributed by atoms with van der Waals surface area (Å²) >= 11 is 0. The molecule has 0 radical (unpaired) electrons. The van der Waals surface area contributed by atoms with Gasteiger partial charge in [-0.05, 0) is 62.4 Å². The monoisotopic (exact) mass is 511 g/mol. The summed E-state index contributed by atoms with van der Waals surface area (Å²) in [6.07, 6.45) is 4.05. The summed E-state index contributed by atoms with van der Waals surface area (Å²) in [5, 5.41) is 17.6. The van der Waals surface area contributed by atoms with E-state index in [4.69, 9.17) is 15.0 Å². The Morgan fingerprint density at radius 1 is 1.16 bits per heavy atom. The summed E-state index contributed by atoms with van der Waals surface area (Å²) in [5.41, 5.74) is 3.24. The minimum absolute atomic E-state index is 0.133. The van der Waals surface area contributed by atoms with Gasteiger partial charge in [0.05, 0.1) is 24.6 Å². The average Bonchev–Trinajstić information content (AvgIpc) is 2.95. The average molecular weight is 512 g/mol. The zero-order valence-corrected chi connectivity index (χ0v) is 22.8. The van der Waals surface area contributed by atoms with Gasteiger partial charge in [-0.25, -0.2) is 4.98 Å². The second-order valence-corrected chi connectivity index (χ2v) is 9.99. The number of pyridine rings is 1. The number of carbonyl (C=O) groups is 1.